The summed E-state index contributed by atoms with van der Waals surface area (Å²) in [4.78, 5) is 34.8. The highest BCUT2D eigenvalue weighted by molar-refractivity contribution is 5.86. The summed E-state index contributed by atoms with van der Waals surface area (Å²) in [6.07, 6.45) is 2.54. The third kappa shape index (κ3) is 5.09. The first-order valence-electron chi connectivity index (χ1n) is 9.06. The van der Waals surface area contributed by atoms with Crippen molar-refractivity contribution >= 4 is 22.8 Å². The maximum absolute atomic E-state index is 12.0. The van der Waals surface area contributed by atoms with Crippen LogP contribution in [-0.4, -0.2) is 24.5 Å². The zero-order valence-corrected chi connectivity index (χ0v) is 15.8. The van der Waals surface area contributed by atoms with Gasteiger partial charge in [0.05, 0.1) is 12.0 Å². The molecule has 27 heavy (non-hydrogen) atoms. The summed E-state index contributed by atoms with van der Waals surface area (Å²) in [5, 5.41) is 14.2. The monoisotopic (exact) mass is 374 g/mol. The molecule has 0 aliphatic rings. The number of hydrogen-bond acceptors (Lipinski definition) is 6. The summed E-state index contributed by atoms with van der Waals surface area (Å²) in [6.45, 7) is 5.24. The predicted molar refractivity (Wildman–Crippen MR) is 98.6 cm³/mol. The van der Waals surface area contributed by atoms with Gasteiger partial charge in [0, 0.05) is 17.0 Å². The van der Waals surface area contributed by atoms with E-state index in [4.69, 9.17) is 9.15 Å². The predicted octanol–water partition coefficient (Wildman–Crippen LogP) is 1.47. The van der Waals surface area contributed by atoms with E-state index in [1.165, 1.54) is 6.07 Å². The van der Waals surface area contributed by atoms with Gasteiger partial charge in [-0.25, -0.2) is 4.79 Å². The Bertz CT molecular complexity index is 886. The molecule has 1 aromatic heterocycles. The number of fused-ring (bicyclic) bond motifs is 1. The number of aliphatic carboxylic acids is 1. The van der Waals surface area contributed by atoms with Crippen LogP contribution in [0.25, 0.3) is 11.0 Å². The summed E-state index contributed by atoms with van der Waals surface area (Å²) < 4.78 is 10.9. The second kappa shape index (κ2) is 9.21. The molecule has 0 spiro atoms. The molecule has 0 saturated heterocycles. The van der Waals surface area contributed by atoms with Crippen molar-refractivity contribution in [2.45, 2.75) is 52.5 Å². The topological polar surface area (TPSA) is 109 Å². The van der Waals surface area contributed by atoms with Gasteiger partial charge < -0.3 is 24.4 Å². The van der Waals surface area contributed by atoms with Gasteiger partial charge in [-0.1, -0.05) is 26.7 Å². The fraction of sp³-hybridized carbons (Fsp3) is 0.450. The van der Waals surface area contributed by atoms with Crippen molar-refractivity contribution in [1.29, 1.82) is 0 Å². The maximum atomic E-state index is 12.0. The fourth-order valence-electron chi connectivity index (χ4n) is 2.96. The lowest BCUT2D eigenvalue weighted by atomic mass is 10.0. The van der Waals surface area contributed by atoms with Crippen LogP contribution in [0.4, 0.5) is 0 Å². The van der Waals surface area contributed by atoms with Crippen molar-refractivity contribution in [2.24, 2.45) is 0 Å². The molecule has 1 aromatic carbocycles. The van der Waals surface area contributed by atoms with Crippen LogP contribution in [0.15, 0.2) is 27.4 Å². The third-order valence-electron chi connectivity index (χ3n) is 4.27. The van der Waals surface area contributed by atoms with Crippen molar-refractivity contribution in [1.82, 2.24) is 5.32 Å². The van der Waals surface area contributed by atoms with Crippen molar-refractivity contribution in [3.05, 3.63) is 39.7 Å². The molecule has 146 valence electrons. The minimum atomic E-state index is -1.32. The highest BCUT2D eigenvalue weighted by Gasteiger charge is 2.15. The first-order valence-corrected chi connectivity index (χ1v) is 9.06. The average Bonchev–Trinajstić information content (AvgIpc) is 2.61. The van der Waals surface area contributed by atoms with Gasteiger partial charge in [0.15, 0.2) is 6.61 Å². The number of carbonyl (C=O) groups excluding carboxylic acids is 2. The molecule has 1 N–H and O–H groups in total. The maximum Gasteiger partial charge on any atom is 0.336 e. The number of benzene rings is 1. The van der Waals surface area contributed by atoms with Gasteiger partial charge in [0.25, 0.3) is 5.91 Å². The van der Waals surface area contributed by atoms with Crippen LogP contribution in [0.1, 0.15) is 44.2 Å². The van der Waals surface area contributed by atoms with E-state index in [9.17, 15) is 19.5 Å². The van der Waals surface area contributed by atoms with Crippen LogP contribution in [0.5, 0.6) is 5.75 Å². The minimum Gasteiger partial charge on any atom is -0.548 e. The van der Waals surface area contributed by atoms with Gasteiger partial charge in [-0.15, -0.1) is 0 Å². The Labute approximate surface area is 157 Å². The lowest BCUT2D eigenvalue weighted by Gasteiger charge is -2.19. The molecular weight excluding hydrogens is 350 g/mol. The minimum absolute atomic E-state index is 0.286. The molecule has 0 fully saturated rings. The Balaban J connectivity index is 2.17. The number of carboxylic acids is 1. The number of carboxylic acid groups (broad SMARTS) is 1. The lowest BCUT2D eigenvalue weighted by molar-refractivity contribution is -0.308. The van der Waals surface area contributed by atoms with E-state index in [2.05, 4.69) is 5.32 Å². The van der Waals surface area contributed by atoms with Crippen LogP contribution in [-0.2, 0) is 16.0 Å². The third-order valence-corrected chi connectivity index (χ3v) is 4.27. The number of nitrogens with one attached hydrogen (secondary N) is 1. The molecule has 7 heteroatoms. The molecule has 0 bridgehead atoms. The van der Waals surface area contributed by atoms with E-state index in [0.29, 0.717) is 23.3 Å². The zero-order chi connectivity index (χ0) is 20.0. The van der Waals surface area contributed by atoms with Crippen LogP contribution < -0.4 is 20.8 Å². The number of rotatable bonds is 9. The van der Waals surface area contributed by atoms with Gasteiger partial charge >= 0.3 is 5.63 Å². The normalized spacial score (nSPS) is 12.0. The average molecular weight is 374 g/mol. The SMILES string of the molecule is CCCc1cc(=O)oc2c(C)c(OCC(=O)N[C@H](CCC)C(=O)[O-])ccc12. The molecule has 0 aliphatic carbocycles. The summed E-state index contributed by atoms with van der Waals surface area (Å²) in [5.41, 5.74) is 1.52. The smallest absolute Gasteiger partial charge is 0.336 e. The van der Waals surface area contributed by atoms with E-state index < -0.39 is 23.5 Å². The van der Waals surface area contributed by atoms with E-state index in [0.717, 1.165) is 23.8 Å². The van der Waals surface area contributed by atoms with Crippen LogP contribution in [0.3, 0.4) is 0 Å². The molecule has 2 aromatic rings. The largest absolute Gasteiger partial charge is 0.548 e. The van der Waals surface area contributed by atoms with Crippen molar-refractivity contribution < 1.29 is 23.8 Å². The van der Waals surface area contributed by atoms with E-state index >= 15 is 0 Å². The first kappa shape index (κ1) is 20.5. The van der Waals surface area contributed by atoms with Crippen molar-refractivity contribution in [3.63, 3.8) is 0 Å². The van der Waals surface area contributed by atoms with Gasteiger partial charge in [0.1, 0.15) is 11.3 Å². The number of hydrogen-bond donors (Lipinski definition) is 1. The molecule has 0 unspecified atom stereocenters. The van der Waals surface area contributed by atoms with E-state index in [-0.39, 0.29) is 13.0 Å². The van der Waals surface area contributed by atoms with Gasteiger partial charge in [-0.3, -0.25) is 4.79 Å². The quantitative estimate of drug-likeness (QED) is 0.666. The second-order valence-electron chi connectivity index (χ2n) is 6.42. The highest BCUT2D eigenvalue weighted by Crippen LogP contribution is 2.28. The second-order valence-corrected chi connectivity index (χ2v) is 6.42. The summed E-state index contributed by atoms with van der Waals surface area (Å²) in [6, 6.07) is 3.96. The Morgan fingerprint density at radius 2 is 2.00 bits per heavy atom. The Morgan fingerprint density at radius 1 is 1.26 bits per heavy atom. The molecule has 0 aliphatic heterocycles. The lowest BCUT2D eigenvalue weighted by Crippen LogP contribution is -2.49. The number of carbonyl (C=O) groups is 2. The fourth-order valence-corrected chi connectivity index (χ4v) is 2.96. The van der Waals surface area contributed by atoms with Crippen molar-refractivity contribution in [3.8, 4) is 5.75 Å². The molecule has 1 heterocycles. The van der Waals surface area contributed by atoms with Gasteiger partial charge in [0.2, 0.25) is 0 Å². The summed E-state index contributed by atoms with van der Waals surface area (Å²) in [7, 11) is 0. The van der Waals surface area contributed by atoms with E-state index in [1.54, 1.807) is 19.1 Å². The van der Waals surface area contributed by atoms with Gasteiger partial charge in [-0.2, -0.15) is 0 Å². The van der Waals surface area contributed by atoms with Crippen LogP contribution in [0.2, 0.25) is 0 Å². The van der Waals surface area contributed by atoms with Crippen LogP contribution in [0, 0.1) is 6.92 Å². The number of ether oxygens (including phenoxy) is 1. The molecule has 1 amide bonds. The standard InChI is InChI=1S/C20H25NO6/c1-4-6-13-10-18(23)27-19-12(3)16(9-8-14(13)19)26-11-17(22)21-15(7-5-2)20(24)25/h8-10,15H,4-7,11H2,1-3H3,(H,21,22)(H,24,25)/p-1/t15-/m1/s1. The Kier molecular flexibility index (Phi) is 6.98. The Hall–Kier alpha value is -2.83. The molecule has 0 radical (unpaired) electrons. The number of aryl methyl sites for hydroxylation is 2. The molecular formula is C20H24NO6-. The highest BCUT2D eigenvalue weighted by atomic mass is 16.5. The molecule has 0 saturated carbocycles. The number of amides is 1. The first-order chi connectivity index (χ1) is 12.9. The summed E-state index contributed by atoms with van der Waals surface area (Å²) >= 11 is 0. The molecule has 1 atom stereocenters. The van der Waals surface area contributed by atoms with Crippen molar-refractivity contribution in [2.75, 3.05) is 6.61 Å². The van der Waals surface area contributed by atoms with Gasteiger partial charge in [-0.05, 0) is 37.5 Å². The molecule has 2 rings (SSSR count). The summed E-state index contributed by atoms with van der Waals surface area (Å²) in [5.74, 6) is -1.48. The Morgan fingerprint density at radius 3 is 2.63 bits per heavy atom. The van der Waals surface area contributed by atoms with E-state index in [1.807, 2.05) is 13.8 Å². The van der Waals surface area contributed by atoms with Crippen LogP contribution >= 0.6 is 0 Å². The zero-order valence-electron chi connectivity index (χ0n) is 15.8. The molecule has 7 nitrogen and oxygen atoms in total.